The summed E-state index contributed by atoms with van der Waals surface area (Å²) in [5.74, 6) is 0.528. The average Bonchev–Trinajstić information content (AvgIpc) is 3.24. The van der Waals surface area contributed by atoms with Gasteiger partial charge in [-0.1, -0.05) is 40.2 Å². The van der Waals surface area contributed by atoms with Crippen molar-refractivity contribution in [2.45, 2.75) is 0 Å². The Morgan fingerprint density at radius 2 is 1.93 bits per heavy atom. The molecule has 0 aliphatic carbocycles. The Morgan fingerprint density at radius 3 is 2.70 bits per heavy atom. The van der Waals surface area contributed by atoms with Gasteiger partial charge >= 0.3 is 0 Å². The zero-order chi connectivity index (χ0) is 20.8. The third-order valence-electron chi connectivity index (χ3n) is 4.37. The first-order valence-electron chi connectivity index (χ1n) is 9.43. The Labute approximate surface area is 182 Å². The van der Waals surface area contributed by atoms with Crippen molar-refractivity contribution in [2.24, 2.45) is 0 Å². The molecule has 2 aromatic carbocycles. The van der Waals surface area contributed by atoms with Crippen molar-refractivity contribution < 1.29 is 9.53 Å². The standard InChI is InChI=1S/C23H19BrN4O2/c24-18-7-4-10-20(14-18)30-13-12-26-23(29)21-16-28(19-8-2-1-3-9-19)27-22(21)17-6-5-11-25-15-17/h1-11,14-16H,12-13H2,(H,26,29). The maximum Gasteiger partial charge on any atom is 0.255 e. The quantitative estimate of drug-likeness (QED) is 0.410. The fraction of sp³-hybridized carbons (Fsp3) is 0.0870. The summed E-state index contributed by atoms with van der Waals surface area (Å²) in [6.07, 6.45) is 5.13. The molecule has 0 bridgehead atoms. The number of para-hydroxylation sites is 1. The Morgan fingerprint density at radius 1 is 1.07 bits per heavy atom. The summed E-state index contributed by atoms with van der Waals surface area (Å²) in [5, 5.41) is 7.55. The van der Waals surface area contributed by atoms with Crippen LogP contribution in [0.5, 0.6) is 5.75 Å². The van der Waals surface area contributed by atoms with Gasteiger partial charge in [0.25, 0.3) is 5.91 Å². The number of hydrogen-bond donors (Lipinski definition) is 1. The lowest BCUT2D eigenvalue weighted by Crippen LogP contribution is -2.28. The van der Waals surface area contributed by atoms with E-state index in [0.29, 0.717) is 24.4 Å². The highest BCUT2D eigenvalue weighted by atomic mass is 79.9. The molecule has 1 N–H and O–H groups in total. The molecule has 0 aliphatic heterocycles. The molecular formula is C23H19BrN4O2. The number of halogens is 1. The normalized spacial score (nSPS) is 10.6. The van der Waals surface area contributed by atoms with Gasteiger partial charge in [-0.05, 0) is 42.5 Å². The summed E-state index contributed by atoms with van der Waals surface area (Å²) in [6.45, 7) is 0.728. The molecule has 6 nitrogen and oxygen atoms in total. The van der Waals surface area contributed by atoms with E-state index in [4.69, 9.17) is 4.74 Å². The van der Waals surface area contributed by atoms with Gasteiger partial charge in [-0.25, -0.2) is 4.68 Å². The second kappa shape index (κ2) is 9.37. The second-order valence-electron chi connectivity index (χ2n) is 6.47. The number of carbonyl (C=O) groups is 1. The van der Waals surface area contributed by atoms with Gasteiger partial charge < -0.3 is 10.1 Å². The van der Waals surface area contributed by atoms with Crippen molar-refractivity contribution in [3.8, 4) is 22.7 Å². The number of ether oxygens (including phenoxy) is 1. The van der Waals surface area contributed by atoms with E-state index in [2.05, 4.69) is 31.3 Å². The number of benzene rings is 2. The Hall–Kier alpha value is -3.45. The molecule has 0 spiro atoms. The van der Waals surface area contributed by atoms with E-state index in [1.54, 1.807) is 23.3 Å². The van der Waals surface area contributed by atoms with Crippen molar-refractivity contribution in [1.82, 2.24) is 20.1 Å². The van der Waals surface area contributed by atoms with Crippen molar-refractivity contribution >= 4 is 21.8 Å². The Kier molecular flexibility index (Phi) is 6.20. The molecule has 4 aromatic rings. The molecule has 2 heterocycles. The van der Waals surface area contributed by atoms with Gasteiger partial charge in [0, 0.05) is 28.6 Å². The molecule has 0 aliphatic rings. The molecule has 0 radical (unpaired) electrons. The summed E-state index contributed by atoms with van der Waals surface area (Å²) in [5.41, 5.74) is 2.72. The molecule has 4 rings (SSSR count). The average molecular weight is 463 g/mol. The lowest BCUT2D eigenvalue weighted by atomic mass is 10.1. The van der Waals surface area contributed by atoms with Gasteiger partial charge in [0.05, 0.1) is 17.8 Å². The SMILES string of the molecule is O=C(NCCOc1cccc(Br)c1)c1cn(-c2ccccc2)nc1-c1cccnc1. The summed E-state index contributed by atoms with van der Waals surface area (Å²) in [4.78, 5) is 17.1. The minimum atomic E-state index is -0.214. The number of rotatable bonds is 7. The summed E-state index contributed by atoms with van der Waals surface area (Å²) in [6, 6.07) is 21.0. The first-order valence-corrected chi connectivity index (χ1v) is 10.2. The third-order valence-corrected chi connectivity index (χ3v) is 4.86. The first-order chi connectivity index (χ1) is 14.7. The smallest absolute Gasteiger partial charge is 0.255 e. The van der Waals surface area contributed by atoms with E-state index in [1.165, 1.54) is 0 Å². The van der Waals surface area contributed by atoms with Crippen molar-refractivity contribution in [1.29, 1.82) is 0 Å². The summed E-state index contributed by atoms with van der Waals surface area (Å²) >= 11 is 3.41. The molecule has 2 aromatic heterocycles. The Bertz CT molecular complexity index is 1130. The number of amides is 1. The molecule has 0 fully saturated rings. The topological polar surface area (TPSA) is 69.0 Å². The van der Waals surface area contributed by atoms with E-state index in [9.17, 15) is 4.79 Å². The van der Waals surface area contributed by atoms with Crippen LogP contribution in [0.2, 0.25) is 0 Å². The lowest BCUT2D eigenvalue weighted by Gasteiger charge is -2.08. The highest BCUT2D eigenvalue weighted by molar-refractivity contribution is 9.10. The summed E-state index contributed by atoms with van der Waals surface area (Å²) < 4.78 is 8.33. The lowest BCUT2D eigenvalue weighted by molar-refractivity contribution is 0.0947. The van der Waals surface area contributed by atoms with Crippen molar-refractivity contribution in [3.63, 3.8) is 0 Å². The van der Waals surface area contributed by atoms with E-state index in [-0.39, 0.29) is 5.91 Å². The molecule has 150 valence electrons. The molecule has 0 unspecified atom stereocenters. The Balaban J connectivity index is 1.50. The number of nitrogens with zero attached hydrogens (tertiary/aromatic N) is 3. The van der Waals surface area contributed by atoms with Gasteiger partial charge in [-0.2, -0.15) is 5.10 Å². The van der Waals surface area contributed by atoms with Crippen LogP contribution in [0.4, 0.5) is 0 Å². The zero-order valence-corrected chi connectivity index (χ0v) is 17.6. The minimum Gasteiger partial charge on any atom is -0.492 e. The van der Waals surface area contributed by atoms with Gasteiger partial charge in [0.1, 0.15) is 18.1 Å². The first kappa shape index (κ1) is 19.8. The van der Waals surface area contributed by atoms with Gasteiger partial charge in [-0.15, -0.1) is 0 Å². The van der Waals surface area contributed by atoms with Crippen LogP contribution in [-0.4, -0.2) is 33.8 Å². The highest BCUT2D eigenvalue weighted by Crippen LogP contribution is 2.23. The zero-order valence-electron chi connectivity index (χ0n) is 16.0. The van der Waals surface area contributed by atoms with Crippen LogP contribution in [-0.2, 0) is 0 Å². The molecule has 0 saturated heterocycles. The van der Waals surface area contributed by atoms with Gasteiger partial charge in [0.2, 0.25) is 0 Å². The van der Waals surface area contributed by atoms with Crippen LogP contribution < -0.4 is 10.1 Å². The van der Waals surface area contributed by atoms with E-state index >= 15 is 0 Å². The van der Waals surface area contributed by atoms with Crippen LogP contribution in [0.1, 0.15) is 10.4 Å². The van der Waals surface area contributed by atoms with Crippen LogP contribution in [0, 0.1) is 0 Å². The highest BCUT2D eigenvalue weighted by Gasteiger charge is 2.18. The maximum atomic E-state index is 12.9. The maximum absolute atomic E-state index is 12.9. The molecular weight excluding hydrogens is 444 g/mol. The van der Waals surface area contributed by atoms with Crippen LogP contribution in [0.3, 0.4) is 0 Å². The molecule has 30 heavy (non-hydrogen) atoms. The summed E-state index contributed by atoms with van der Waals surface area (Å²) in [7, 11) is 0. The fourth-order valence-electron chi connectivity index (χ4n) is 2.95. The largest absolute Gasteiger partial charge is 0.492 e. The van der Waals surface area contributed by atoms with Crippen LogP contribution >= 0.6 is 15.9 Å². The third kappa shape index (κ3) is 4.75. The van der Waals surface area contributed by atoms with E-state index in [1.807, 2.05) is 66.7 Å². The van der Waals surface area contributed by atoms with Gasteiger partial charge in [0.15, 0.2) is 0 Å². The number of aromatic nitrogens is 3. The molecule has 0 saturated carbocycles. The van der Waals surface area contributed by atoms with Crippen LogP contribution in [0.15, 0.2) is 89.8 Å². The number of carbonyl (C=O) groups excluding carboxylic acids is 1. The number of hydrogen-bond acceptors (Lipinski definition) is 4. The molecule has 7 heteroatoms. The number of pyridine rings is 1. The van der Waals surface area contributed by atoms with Crippen molar-refractivity contribution in [3.05, 3.63) is 95.4 Å². The van der Waals surface area contributed by atoms with Gasteiger partial charge in [-0.3, -0.25) is 9.78 Å². The fourth-order valence-corrected chi connectivity index (χ4v) is 3.33. The minimum absolute atomic E-state index is 0.214. The number of nitrogens with one attached hydrogen (secondary N) is 1. The van der Waals surface area contributed by atoms with E-state index < -0.39 is 0 Å². The predicted molar refractivity (Wildman–Crippen MR) is 119 cm³/mol. The van der Waals surface area contributed by atoms with Crippen LogP contribution in [0.25, 0.3) is 16.9 Å². The molecule has 0 atom stereocenters. The monoisotopic (exact) mass is 462 g/mol. The van der Waals surface area contributed by atoms with Crippen molar-refractivity contribution in [2.75, 3.05) is 13.2 Å². The van der Waals surface area contributed by atoms with E-state index in [0.717, 1.165) is 21.5 Å². The molecule has 1 amide bonds. The second-order valence-corrected chi connectivity index (χ2v) is 7.39. The predicted octanol–water partition coefficient (Wildman–Crippen LogP) is 4.51.